The molecule has 0 atom stereocenters. The smallest absolute Gasteiger partial charge is 0.179 e. The van der Waals surface area contributed by atoms with Gasteiger partial charge in [-0.2, -0.15) is 0 Å². The summed E-state index contributed by atoms with van der Waals surface area (Å²) in [6.07, 6.45) is 9.08. The molecule has 5 aromatic rings. The van der Waals surface area contributed by atoms with E-state index in [4.69, 9.17) is 0 Å². The minimum Gasteiger partial charge on any atom is -0.224 e. The molecule has 0 amide bonds. The van der Waals surface area contributed by atoms with Crippen LogP contribution in [-0.2, 0) is 9.84 Å². The maximum Gasteiger partial charge on any atom is 0.179 e. The van der Waals surface area contributed by atoms with Crippen LogP contribution >= 0.6 is 11.3 Å². The molecule has 5 rings (SSSR count). The van der Waals surface area contributed by atoms with Gasteiger partial charge < -0.3 is 0 Å². The summed E-state index contributed by atoms with van der Waals surface area (Å²) < 4.78 is 27.7. The molecule has 0 unspecified atom stereocenters. The van der Waals surface area contributed by atoms with E-state index in [0.717, 1.165) is 55.3 Å². The van der Waals surface area contributed by atoms with Gasteiger partial charge in [-0.1, -0.05) is 137 Å². The molecule has 1 heterocycles. The highest BCUT2D eigenvalue weighted by Crippen LogP contribution is 2.44. The van der Waals surface area contributed by atoms with Gasteiger partial charge in [-0.15, -0.1) is 11.3 Å². The van der Waals surface area contributed by atoms with Crippen molar-refractivity contribution in [2.24, 2.45) is 0 Å². The predicted molar refractivity (Wildman–Crippen MR) is 165 cm³/mol. The molecular weight excluding hydrogens is 505 g/mol. The Kier molecular flexibility index (Phi) is 8.61. The average Bonchev–Trinajstić information content (AvgIpc) is 3.40. The lowest BCUT2D eigenvalue weighted by Crippen LogP contribution is -2.07. The first-order chi connectivity index (χ1) is 18.6. The summed E-state index contributed by atoms with van der Waals surface area (Å²) in [7, 11) is -3.44. The van der Waals surface area contributed by atoms with Gasteiger partial charge in [0.2, 0.25) is 0 Å². The van der Waals surface area contributed by atoms with E-state index in [9.17, 15) is 8.42 Å². The number of thiophene rings is 1. The van der Waals surface area contributed by atoms with Crippen molar-refractivity contribution in [2.45, 2.75) is 63.2 Å². The Morgan fingerprint density at radius 1 is 0.605 bits per heavy atom. The predicted octanol–water partition coefficient (Wildman–Crippen LogP) is 10.3. The van der Waals surface area contributed by atoms with Gasteiger partial charge in [-0.25, -0.2) is 8.42 Å². The molecular formula is C34H36O2S2. The normalized spacial score (nSPS) is 11.9. The van der Waals surface area contributed by atoms with Crippen molar-refractivity contribution >= 4 is 42.7 Å². The van der Waals surface area contributed by atoms with Crippen LogP contribution in [0.5, 0.6) is 0 Å². The summed E-state index contributed by atoms with van der Waals surface area (Å²) >= 11 is 1.60. The molecule has 196 valence electrons. The van der Waals surface area contributed by atoms with E-state index in [0.29, 0.717) is 11.3 Å². The van der Waals surface area contributed by atoms with Crippen LogP contribution in [0, 0.1) is 0 Å². The number of benzene rings is 4. The summed E-state index contributed by atoms with van der Waals surface area (Å²) in [4.78, 5) is 2.33. The zero-order valence-corrected chi connectivity index (χ0v) is 23.8. The van der Waals surface area contributed by atoms with Gasteiger partial charge in [0.15, 0.2) is 9.84 Å². The summed E-state index contributed by atoms with van der Waals surface area (Å²) in [6, 6.07) is 31.0. The Morgan fingerprint density at radius 2 is 1.13 bits per heavy atom. The molecule has 0 aliphatic carbocycles. The van der Waals surface area contributed by atoms with Crippen LogP contribution in [0.25, 0.3) is 42.4 Å². The molecule has 4 heteroatoms. The highest BCUT2D eigenvalue weighted by molar-refractivity contribution is 7.91. The van der Waals surface area contributed by atoms with Crippen molar-refractivity contribution in [1.29, 1.82) is 0 Å². The van der Waals surface area contributed by atoms with E-state index < -0.39 is 9.84 Å². The van der Waals surface area contributed by atoms with E-state index >= 15 is 0 Å². The monoisotopic (exact) mass is 540 g/mol. The third kappa shape index (κ3) is 5.87. The number of hydrogen-bond acceptors (Lipinski definition) is 3. The maximum atomic E-state index is 13.9. The summed E-state index contributed by atoms with van der Waals surface area (Å²) in [5.74, 6) is 0.200. The third-order valence-electron chi connectivity index (χ3n) is 7.39. The minimum absolute atomic E-state index is 0.200. The van der Waals surface area contributed by atoms with E-state index in [1.807, 2.05) is 36.4 Å². The van der Waals surface area contributed by atoms with Crippen LogP contribution in [0.4, 0.5) is 0 Å². The second-order valence-electron chi connectivity index (χ2n) is 10.2. The Hall–Kier alpha value is -2.95. The fourth-order valence-electron chi connectivity index (χ4n) is 5.33. The number of rotatable bonds is 12. The molecule has 0 fully saturated rings. The molecule has 0 saturated carbocycles. The molecule has 1 aromatic heterocycles. The first-order valence-corrected chi connectivity index (χ1v) is 16.4. The van der Waals surface area contributed by atoms with Gasteiger partial charge in [0.1, 0.15) is 0 Å². The number of hydrogen-bond donors (Lipinski definition) is 0. The highest BCUT2D eigenvalue weighted by Gasteiger charge is 2.25. The minimum atomic E-state index is -3.44. The number of unbranched alkanes of at least 4 members (excludes halogenated alkanes) is 7. The topological polar surface area (TPSA) is 34.1 Å². The maximum absolute atomic E-state index is 13.9. The van der Waals surface area contributed by atoms with Crippen LogP contribution in [-0.4, -0.2) is 14.2 Å². The van der Waals surface area contributed by atoms with Crippen molar-refractivity contribution < 1.29 is 8.42 Å². The molecule has 0 bridgehead atoms. The molecule has 0 aliphatic heterocycles. The Bertz CT molecular complexity index is 1620. The largest absolute Gasteiger partial charge is 0.224 e. The van der Waals surface area contributed by atoms with Crippen LogP contribution in [0.3, 0.4) is 0 Å². The average molecular weight is 541 g/mol. The van der Waals surface area contributed by atoms with Crippen molar-refractivity contribution in [3.8, 4) is 20.9 Å². The molecule has 0 spiro atoms. The van der Waals surface area contributed by atoms with Gasteiger partial charge >= 0.3 is 0 Å². The van der Waals surface area contributed by atoms with Crippen LogP contribution in [0.1, 0.15) is 58.3 Å². The molecule has 38 heavy (non-hydrogen) atoms. The highest BCUT2D eigenvalue weighted by atomic mass is 32.2. The Balaban J connectivity index is 1.51. The Morgan fingerprint density at radius 3 is 1.79 bits per heavy atom. The lowest BCUT2D eigenvalue weighted by molar-refractivity contribution is 0.573. The van der Waals surface area contributed by atoms with Crippen molar-refractivity contribution in [1.82, 2.24) is 0 Å². The fourth-order valence-corrected chi connectivity index (χ4v) is 8.53. The van der Waals surface area contributed by atoms with Gasteiger partial charge in [0, 0.05) is 10.4 Å². The Labute approximate surface area is 231 Å². The van der Waals surface area contributed by atoms with Gasteiger partial charge in [0.25, 0.3) is 0 Å². The van der Waals surface area contributed by atoms with Gasteiger partial charge in [0.05, 0.1) is 15.5 Å². The SMILES string of the molecule is CCCCCCCCCCS(=O)(=O)c1cc(-c2cccc3ccccc23)sc1-c1cccc2ccccc12. The molecule has 4 aromatic carbocycles. The lowest BCUT2D eigenvalue weighted by Gasteiger charge is -2.09. The molecule has 0 aliphatic rings. The van der Waals surface area contributed by atoms with Crippen LogP contribution in [0.15, 0.2) is 95.9 Å². The number of fused-ring (bicyclic) bond motifs is 2. The van der Waals surface area contributed by atoms with Gasteiger partial charge in [-0.05, 0) is 39.6 Å². The molecule has 0 saturated heterocycles. The zero-order chi connectivity index (χ0) is 26.4. The van der Waals surface area contributed by atoms with Crippen LogP contribution < -0.4 is 0 Å². The van der Waals surface area contributed by atoms with Crippen molar-refractivity contribution in [3.05, 3.63) is 91.0 Å². The molecule has 0 radical (unpaired) electrons. The number of sulfone groups is 1. The quantitative estimate of drug-likeness (QED) is 0.148. The van der Waals surface area contributed by atoms with E-state index in [1.165, 1.54) is 32.1 Å². The van der Waals surface area contributed by atoms with Crippen molar-refractivity contribution in [2.75, 3.05) is 5.75 Å². The fraction of sp³-hybridized carbons (Fsp3) is 0.294. The van der Waals surface area contributed by atoms with Crippen LogP contribution in [0.2, 0.25) is 0 Å². The van der Waals surface area contributed by atoms with Crippen molar-refractivity contribution in [3.63, 3.8) is 0 Å². The van der Waals surface area contributed by atoms with Gasteiger partial charge in [-0.3, -0.25) is 0 Å². The summed E-state index contributed by atoms with van der Waals surface area (Å²) in [6.45, 7) is 2.23. The molecule has 0 N–H and O–H groups in total. The third-order valence-corrected chi connectivity index (χ3v) is 10.5. The van der Waals surface area contributed by atoms with E-state index in [1.54, 1.807) is 11.3 Å². The zero-order valence-electron chi connectivity index (χ0n) is 22.2. The van der Waals surface area contributed by atoms with E-state index in [2.05, 4.69) is 61.5 Å². The summed E-state index contributed by atoms with van der Waals surface area (Å²) in [5, 5.41) is 4.52. The molecule has 2 nitrogen and oxygen atoms in total. The first-order valence-electron chi connectivity index (χ1n) is 13.9. The lowest BCUT2D eigenvalue weighted by atomic mass is 10.0. The second-order valence-corrected chi connectivity index (χ2v) is 13.3. The van der Waals surface area contributed by atoms with E-state index in [-0.39, 0.29) is 5.75 Å². The second kappa shape index (κ2) is 12.3. The first kappa shape index (κ1) is 26.6. The standard InChI is InChI=1S/C34H36O2S2/c1-2-3-4-5-6-7-8-13-24-38(35,36)33-25-32(30-22-14-18-26-16-9-11-20-28(26)30)37-34(33)31-23-15-19-27-17-10-12-21-29(27)31/h9-12,14-23,25H,2-8,13,24H2,1H3. The summed E-state index contributed by atoms with van der Waals surface area (Å²) in [5.41, 5.74) is 2.08.